The molecule has 3 rings (SSSR count). The van der Waals surface area contributed by atoms with E-state index in [0.717, 1.165) is 5.76 Å². The average molecular weight is 341 g/mol. The zero-order valence-electron chi connectivity index (χ0n) is 14.0. The third-order valence-corrected chi connectivity index (χ3v) is 3.89. The third-order valence-electron chi connectivity index (χ3n) is 3.89. The van der Waals surface area contributed by atoms with Crippen LogP contribution < -0.4 is 10.9 Å². The molecule has 0 aliphatic rings. The van der Waals surface area contributed by atoms with Gasteiger partial charge >= 0.3 is 0 Å². The van der Waals surface area contributed by atoms with Crippen LogP contribution in [-0.4, -0.2) is 36.4 Å². The first-order chi connectivity index (χ1) is 12.1. The molecule has 0 aliphatic carbocycles. The summed E-state index contributed by atoms with van der Waals surface area (Å²) in [5, 5.41) is 2.78. The number of hydrogen-bond acceptors (Lipinski definition) is 5. The first-order valence-electron chi connectivity index (χ1n) is 7.81. The Kier molecular flexibility index (Phi) is 4.85. The van der Waals surface area contributed by atoms with E-state index in [1.807, 2.05) is 25.1 Å². The van der Waals surface area contributed by atoms with Gasteiger partial charge in [0, 0.05) is 6.54 Å². The zero-order valence-corrected chi connectivity index (χ0v) is 14.0. The number of carbonyl (C=O) groups excluding carboxylic acids is 1. The van der Waals surface area contributed by atoms with Crippen molar-refractivity contribution in [1.82, 2.24) is 15.2 Å². The van der Waals surface area contributed by atoms with Gasteiger partial charge in [0.15, 0.2) is 0 Å². The van der Waals surface area contributed by atoms with Gasteiger partial charge in [-0.25, -0.2) is 0 Å². The van der Waals surface area contributed by atoms with Gasteiger partial charge in [-0.1, -0.05) is 0 Å². The van der Waals surface area contributed by atoms with Crippen LogP contribution in [0.25, 0.3) is 11.5 Å². The summed E-state index contributed by atoms with van der Waals surface area (Å²) in [7, 11) is 3.79. The number of aromatic amines is 1. The molecular formula is C18H19N3O4. The van der Waals surface area contributed by atoms with Crippen molar-refractivity contribution in [2.75, 3.05) is 20.6 Å². The Morgan fingerprint density at radius 1 is 1.16 bits per heavy atom. The molecule has 1 atom stereocenters. The minimum Gasteiger partial charge on any atom is -0.468 e. The SMILES string of the molecule is CN(C)C(CNC(=O)c1ccc(-c2ccco2)[nH]c1=O)c1ccco1. The van der Waals surface area contributed by atoms with Gasteiger partial charge in [-0.15, -0.1) is 0 Å². The van der Waals surface area contributed by atoms with Crippen LogP contribution in [-0.2, 0) is 0 Å². The van der Waals surface area contributed by atoms with E-state index in [4.69, 9.17) is 8.83 Å². The number of hydrogen-bond donors (Lipinski definition) is 2. The van der Waals surface area contributed by atoms with E-state index in [1.165, 1.54) is 12.3 Å². The summed E-state index contributed by atoms with van der Waals surface area (Å²) in [6, 6.07) is 10.1. The van der Waals surface area contributed by atoms with Crippen LogP contribution in [0.15, 0.2) is 62.6 Å². The van der Waals surface area contributed by atoms with Gasteiger partial charge in [0.25, 0.3) is 11.5 Å². The molecule has 3 heterocycles. The molecule has 0 spiro atoms. The molecule has 130 valence electrons. The molecular weight excluding hydrogens is 322 g/mol. The van der Waals surface area contributed by atoms with Crippen molar-refractivity contribution >= 4 is 5.91 Å². The Hall–Kier alpha value is -3.06. The largest absolute Gasteiger partial charge is 0.468 e. The van der Waals surface area contributed by atoms with Crippen molar-refractivity contribution in [1.29, 1.82) is 0 Å². The van der Waals surface area contributed by atoms with Crippen LogP contribution in [0.1, 0.15) is 22.2 Å². The van der Waals surface area contributed by atoms with Gasteiger partial charge in [0.1, 0.15) is 17.1 Å². The highest BCUT2D eigenvalue weighted by Crippen LogP contribution is 2.18. The molecule has 3 aromatic rings. The summed E-state index contributed by atoms with van der Waals surface area (Å²) in [5.41, 5.74) is 0.103. The third kappa shape index (κ3) is 3.72. The number of nitrogens with zero attached hydrogens (tertiary/aromatic N) is 1. The summed E-state index contributed by atoms with van der Waals surface area (Å²) in [6.07, 6.45) is 3.11. The Labute approximate surface area is 144 Å². The maximum absolute atomic E-state index is 12.4. The monoisotopic (exact) mass is 341 g/mol. The van der Waals surface area contributed by atoms with E-state index in [2.05, 4.69) is 10.3 Å². The van der Waals surface area contributed by atoms with Gasteiger partial charge in [0.05, 0.1) is 24.3 Å². The summed E-state index contributed by atoms with van der Waals surface area (Å²) in [5.74, 6) is 0.840. The van der Waals surface area contributed by atoms with Crippen LogP contribution in [0.5, 0.6) is 0 Å². The molecule has 0 bridgehead atoms. The van der Waals surface area contributed by atoms with E-state index in [1.54, 1.807) is 30.5 Å². The molecule has 1 unspecified atom stereocenters. The normalized spacial score (nSPS) is 12.3. The molecule has 7 nitrogen and oxygen atoms in total. The molecule has 0 radical (unpaired) electrons. The first-order valence-corrected chi connectivity index (χ1v) is 7.81. The predicted octanol–water partition coefficient (Wildman–Crippen LogP) is 2.26. The summed E-state index contributed by atoms with van der Waals surface area (Å²) >= 11 is 0. The summed E-state index contributed by atoms with van der Waals surface area (Å²) < 4.78 is 10.6. The lowest BCUT2D eigenvalue weighted by atomic mass is 10.2. The molecule has 1 amide bonds. The number of likely N-dealkylation sites (N-methyl/N-ethyl adjacent to an activating group) is 1. The van der Waals surface area contributed by atoms with E-state index in [-0.39, 0.29) is 11.6 Å². The molecule has 7 heteroatoms. The Balaban J connectivity index is 1.72. The lowest BCUT2D eigenvalue weighted by Gasteiger charge is -2.22. The lowest BCUT2D eigenvalue weighted by molar-refractivity contribution is 0.0937. The highest BCUT2D eigenvalue weighted by Gasteiger charge is 2.19. The fourth-order valence-electron chi connectivity index (χ4n) is 2.53. The number of pyridine rings is 1. The fraction of sp³-hybridized carbons (Fsp3) is 0.222. The van der Waals surface area contributed by atoms with E-state index < -0.39 is 11.5 Å². The molecule has 0 aliphatic heterocycles. The van der Waals surface area contributed by atoms with E-state index in [0.29, 0.717) is 18.0 Å². The van der Waals surface area contributed by atoms with E-state index in [9.17, 15) is 9.59 Å². The number of H-pyrrole nitrogens is 1. The molecule has 0 fully saturated rings. The average Bonchev–Trinajstić information content (AvgIpc) is 3.28. The Bertz CT molecular complexity index is 879. The maximum Gasteiger partial charge on any atom is 0.261 e. The minimum absolute atomic E-state index is 0.0484. The van der Waals surface area contributed by atoms with Gasteiger partial charge in [0.2, 0.25) is 0 Å². The minimum atomic E-state index is -0.467. The fourth-order valence-corrected chi connectivity index (χ4v) is 2.53. The summed E-state index contributed by atoms with van der Waals surface area (Å²) in [4.78, 5) is 29.1. The van der Waals surface area contributed by atoms with Crippen LogP contribution in [0.3, 0.4) is 0 Å². The maximum atomic E-state index is 12.4. The van der Waals surface area contributed by atoms with Crippen molar-refractivity contribution < 1.29 is 13.6 Å². The number of aromatic nitrogens is 1. The zero-order chi connectivity index (χ0) is 17.8. The van der Waals surface area contributed by atoms with Crippen LogP contribution >= 0.6 is 0 Å². The van der Waals surface area contributed by atoms with Crippen molar-refractivity contribution in [3.05, 3.63) is 70.6 Å². The van der Waals surface area contributed by atoms with Crippen molar-refractivity contribution in [3.63, 3.8) is 0 Å². The van der Waals surface area contributed by atoms with Gasteiger partial charge in [-0.05, 0) is 50.5 Å². The molecule has 0 saturated heterocycles. The highest BCUT2D eigenvalue weighted by atomic mass is 16.3. The summed E-state index contributed by atoms with van der Waals surface area (Å²) in [6.45, 7) is 0.318. The second kappa shape index (κ2) is 7.23. The van der Waals surface area contributed by atoms with E-state index >= 15 is 0 Å². The Morgan fingerprint density at radius 2 is 1.92 bits per heavy atom. The first kappa shape index (κ1) is 16.8. The van der Waals surface area contributed by atoms with Crippen molar-refractivity contribution in [3.8, 4) is 11.5 Å². The number of amides is 1. The quantitative estimate of drug-likeness (QED) is 0.717. The second-order valence-electron chi connectivity index (χ2n) is 5.80. The smallest absolute Gasteiger partial charge is 0.261 e. The molecule has 3 aromatic heterocycles. The van der Waals surface area contributed by atoms with Crippen molar-refractivity contribution in [2.45, 2.75) is 6.04 Å². The van der Waals surface area contributed by atoms with Crippen LogP contribution in [0.2, 0.25) is 0 Å². The topological polar surface area (TPSA) is 91.5 Å². The molecule has 2 N–H and O–H groups in total. The lowest BCUT2D eigenvalue weighted by Crippen LogP contribution is -2.36. The van der Waals surface area contributed by atoms with Gasteiger partial charge < -0.3 is 19.1 Å². The Morgan fingerprint density at radius 3 is 2.52 bits per heavy atom. The number of rotatable bonds is 6. The second-order valence-corrected chi connectivity index (χ2v) is 5.80. The number of carbonyl (C=O) groups is 1. The standard InChI is InChI=1S/C18H19N3O4/c1-21(2)14(16-6-4-10-25-16)11-19-17(22)12-7-8-13(20-18(12)23)15-5-3-9-24-15/h3-10,14H,11H2,1-2H3,(H,19,22)(H,20,23). The predicted molar refractivity (Wildman–Crippen MR) is 92.2 cm³/mol. The number of furan rings is 2. The molecule has 0 aromatic carbocycles. The van der Waals surface area contributed by atoms with Gasteiger partial charge in [-0.2, -0.15) is 0 Å². The molecule has 0 saturated carbocycles. The number of nitrogens with one attached hydrogen (secondary N) is 2. The van der Waals surface area contributed by atoms with Crippen molar-refractivity contribution in [2.24, 2.45) is 0 Å². The molecule has 25 heavy (non-hydrogen) atoms. The van der Waals surface area contributed by atoms with Crippen LogP contribution in [0.4, 0.5) is 0 Å². The van der Waals surface area contributed by atoms with Gasteiger partial charge in [-0.3, -0.25) is 14.5 Å². The van der Waals surface area contributed by atoms with Crippen LogP contribution in [0, 0.1) is 0 Å². The highest BCUT2D eigenvalue weighted by molar-refractivity contribution is 5.94.